The largest absolute Gasteiger partial charge is 0.502 e. The molecule has 0 saturated heterocycles. The molecule has 0 saturated carbocycles. The molecule has 4 rings (SSSR count). The maximum Gasteiger partial charge on any atom is 0.196 e. The molecule has 11 heteroatoms. The van der Waals surface area contributed by atoms with Crippen molar-refractivity contribution >= 4 is 34.8 Å². The summed E-state index contributed by atoms with van der Waals surface area (Å²) < 4.78 is 26.0. The lowest BCUT2D eigenvalue weighted by Crippen LogP contribution is -2.00. The van der Waals surface area contributed by atoms with E-state index in [0.717, 1.165) is 0 Å². The number of benzene rings is 2. The smallest absolute Gasteiger partial charge is 0.196 e. The van der Waals surface area contributed by atoms with Crippen LogP contribution in [0.3, 0.4) is 0 Å². The van der Waals surface area contributed by atoms with Gasteiger partial charge in [0.2, 0.25) is 0 Å². The Hall–Kier alpha value is -3.56. The van der Waals surface area contributed by atoms with E-state index >= 15 is 0 Å². The highest BCUT2D eigenvalue weighted by atomic mass is 35.5. The molecule has 0 bridgehead atoms. The summed E-state index contributed by atoms with van der Waals surface area (Å²) in [6.07, 6.45) is 0. The minimum Gasteiger partial charge on any atom is -0.502 e. The van der Waals surface area contributed by atoms with Crippen molar-refractivity contribution in [3.63, 3.8) is 0 Å². The summed E-state index contributed by atoms with van der Waals surface area (Å²) in [6, 6.07) is 11.7. The Balaban J connectivity index is 0.000000181. The van der Waals surface area contributed by atoms with Crippen LogP contribution in [0.25, 0.3) is 22.8 Å². The number of aromatic nitrogens is 4. The Morgan fingerprint density at radius 1 is 0.750 bits per heavy atom. The average Bonchev–Trinajstić information content (AvgIpc) is 2.75. The molecular weight excluding hydrogens is 461 g/mol. The van der Waals surface area contributed by atoms with Crippen LogP contribution < -0.4 is 11.5 Å². The van der Waals surface area contributed by atoms with Gasteiger partial charge in [0.25, 0.3) is 0 Å². The number of hydrogen-bond donors (Lipinski definition) is 3. The Bertz CT molecular complexity index is 1140. The minimum absolute atomic E-state index is 0.140. The molecule has 32 heavy (non-hydrogen) atoms. The number of aromatic hydroxyl groups is 1. The first-order chi connectivity index (χ1) is 15.2. The second kappa shape index (κ2) is 9.71. The monoisotopic (exact) mass is 476 g/mol. The molecule has 2 heterocycles. The van der Waals surface area contributed by atoms with E-state index in [0.29, 0.717) is 28.3 Å². The standard InChI is InChI=1S/C11H9ClFN3.C10H7ClFN3O/c1-6-9(12)15-11(16-10(6)14)7-3-2-4-8(13)5-7;11-8-7(16)9(13)15-10(14-8)5-2-1-3-6(12)4-5/h2-5H,1H3,(H2,14,15,16);1-4,16H,(H2,13,14,15). The van der Waals surface area contributed by atoms with E-state index in [-0.39, 0.29) is 33.5 Å². The van der Waals surface area contributed by atoms with Gasteiger partial charge in [-0.25, -0.2) is 28.7 Å². The van der Waals surface area contributed by atoms with Crippen LogP contribution in [0.15, 0.2) is 48.5 Å². The molecule has 2 aromatic carbocycles. The molecule has 4 aromatic rings. The first-order valence-electron chi connectivity index (χ1n) is 8.99. The van der Waals surface area contributed by atoms with Gasteiger partial charge in [-0.3, -0.25) is 0 Å². The summed E-state index contributed by atoms with van der Waals surface area (Å²) in [7, 11) is 0. The molecular formula is C21H16Cl2F2N6O. The summed E-state index contributed by atoms with van der Waals surface area (Å²) in [5.74, 6) is -0.479. The Labute approximate surface area is 191 Å². The summed E-state index contributed by atoms with van der Waals surface area (Å²) in [5.41, 5.74) is 12.7. The molecule has 2 aromatic heterocycles. The normalized spacial score (nSPS) is 10.4. The fraction of sp³-hybridized carbons (Fsp3) is 0.0476. The van der Waals surface area contributed by atoms with Gasteiger partial charge in [-0.1, -0.05) is 47.5 Å². The molecule has 0 unspecified atom stereocenters. The van der Waals surface area contributed by atoms with Gasteiger partial charge in [-0.05, 0) is 31.2 Å². The molecule has 0 radical (unpaired) electrons. The van der Waals surface area contributed by atoms with E-state index < -0.39 is 5.82 Å². The van der Waals surface area contributed by atoms with Gasteiger partial charge >= 0.3 is 0 Å². The van der Waals surface area contributed by atoms with Crippen molar-refractivity contribution in [3.05, 3.63) is 76.0 Å². The molecule has 7 nitrogen and oxygen atoms in total. The van der Waals surface area contributed by atoms with Crippen LogP contribution >= 0.6 is 23.2 Å². The minimum atomic E-state index is -0.413. The molecule has 0 fully saturated rings. The lowest BCUT2D eigenvalue weighted by Gasteiger charge is -2.05. The summed E-state index contributed by atoms with van der Waals surface area (Å²) >= 11 is 11.5. The van der Waals surface area contributed by atoms with Crippen molar-refractivity contribution in [2.45, 2.75) is 6.92 Å². The lowest BCUT2D eigenvalue weighted by atomic mass is 10.2. The predicted octanol–water partition coefficient (Wildman–Crippen LogP) is 5.05. The SMILES string of the molecule is Cc1c(N)nc(-c2cccc(F)c2)nc1Cl.Nc1nc(-c2cccc(F)c2)nc(Cl)c1O. The highest BCUT2D eigenvalue weighted by molar-refractivity contribution is 6.31. The highest BCUT2D eigenvalue weighted by Crippen LogP contribution is 2.29. The first kappa shape index (κ1) is 23.1. The van der Waals surface area contributed by atoms with Crippen LogP contribution in [-0.2, 0) is 0 Å². The van der Waals surface area contributed by atoms with Crippen LogP contribution in [0.2, 0.25) is 10.3 Å². The molecule has 5 N–H and O–H groups in total. The third-order valence-electron chi connectivity index (χ3n) is 4.16. The van der Waals surface area contributed by atoms with Crippen LogP contribution in [0.5, 0.6) is 5.75 Å². The number of hydrogen-bond acceptors (Lipinski definition) is 7. The molecule has 0 aliphatic carbocycles. The van der Waals surface area contributed by atoms with E-state index in [2.05, 4.69) is 19.9 Å². The maximum atomic E-state index is 13.0. The van der Waals surface area contributed by atoms with Gasteiger partial charge in [0.1, 0.15) is 22.6 Å². The van der Waals surface area contributed by atoms with Crippen molar-refractivity contribution < 1.29 is 13.9 Å². The van der Waals surface area contributed by atoms with Crippen molar-refractivity contribution in [1.82, 2.24) is 19.9 Å². The van der Waals surface area contributed by atoms with Crippen LogP contribution in [0, 0.1) is 18.6 Å². The molecule has 0 aliphatic rings. The fourth-order valence-electron chi connectivity index (χ4n) is 2.46. The molecule has 0 aliphatic heterocycles. The number of halogens is 4. The van der Waals surface area contributed by atoms with Crippen LogP contribution in [0.1, 0.15) is 5.56 Å². The molecule has 0 atom stereocenters. The Morgan fingerprint density at radius 3 is 1.66 bits per heavy atom. The van der Waals surface area contributed by atoms with Crippen LogP contribution in [0.4, 0.5) is 20.4 Å². The second-order valence-corrected chi connectivity index (χ2v) is 7.16. The van der Waals surface area contributed by atoms with Crippen molar-refractivity contribution in [1.29, 1.82) is 0 Å². The zero-order valence-corrected chi connectivity index (χ0v) is 18.0. The maximum absolute atomic E-state index is 13.0. The second-order valence-electron chi connectivity index (χ2n) is 6.44. The van der Waals surface area contributed by atoms with E-state index in [4.69, 9.17) is 34.7 Å². The number of nitrogen functional groups attached to an aromatic ring is 2. The van der Waals surface area contributed by atoms with Gasteiger partial charge in [0.15, 0.2) is 28.4 Å². The molecule has 0 amide bonds. The van der Waals surface area contributed by atoms with E-state index in [1.165, 1.54) is 30.3 Å². The summed E-state index contributed by atoms with van der Waals surface area (Å²) in [6.45, 7) is 1.73. The van der Waals surface area contributed by atoms with Gasteiger partial charge in [-0.15, -0.1) is 0 Å². The number of rotatable bonds is 2. The average molecular weight is 477 g/mol. The van der Waals surface area contributed by atoms with Gasteiger partial charge in [0.05, 0.1) is 0 Å². The topological polar surface area (TPSA) is 124 Å². The number of anilines is 2. The third kappa shape index (κ3) is 5.37. The van der Waals surface area contributed by atoms with E-state index in [1.54, 1.807) is 25.1 Å². The number of nitrogens with zero attached hydrogens (tertiary/aromatic N) is 4. The zero-order valence-electron chi connectivity index (χ0n) is 16.5. The van der Waals surface area contributed by atoms with E-state index in [1.807, 2.05) is 0 Å². The van der Waals surface area contributed by atoms with Gasteiger partial charge in [0, 0.05) is 16.7 Å². The predicted molar refractivity (Wildman–Crippen MR) is 120 cm³/mol. The quantitative estimate of drug-likeness (QED) is 0.345. The Kier molecular flexibility index (Phi) is 7.01. The van der Waals surface area contributed by atoms with Gasteiger partial charge in [-0.2, -0.15) is 0 Å². The van der Waals surface area contributed by atoms with Gasteiger partial charge < -0.3 is 16.6 Å². The molecule has 164 valence electrons. The van der Waals surface area contributed by atoms with E-state index in [9.17, 15) is 13.9 Å². The lowest BCUT2D eigenvalue weighted by molar-refractivity contribution is 0.473. The fourth-order valence-corrected chi connectivity index (χ4v) is 2.82. The molecule has 0 spiro atoms. The third-order valence-corrected chi connectivity index (χ3v) is 4.79. The van der Waals surface area contributed by atoms with Crippen LogP contribution in [-0.4, -0.2) is 25.0 Å². The van der Waals surface area contributed by atoms with Crippen molar-refractivity contribution in [2.75, 3.05) is 11.5 Å². The zero-order chi connectivity index (χ0) is 23.4. The van der Waals surface area contributed by atoms with Crippen molar-refractivity contribution in [3.8, 4) is 28.5 Å². The summed E-state index contributed by atoms with van der Waals surface area (Å²) in [4.78, 5) is 15.7. The number of nitrogens with two attached hydrogens (primary N) is 2. The Morgan fingerprint density at radius 2 is 1.22 bits per heavy atom. The van der Waals surface area contributed by atoms with Crippen molar-refractivity contribution in [2.24, 2.45) is 0 Å². The summed E-state index contributed by atoms with van der Waals surface area (Å²) in [5, 5.41) is 9.40. The first-order valence-corrected chi connectivity index (χ1v) is 9.74. The highest BCUT2D eigenvalue weighted by Gasteiger charge is 2.11.